The normalized spacial score (nSPS) is 22.6. The van der Waals surface area contributed by atoms with Crippen LogP contribution in [0.1, 0.15) is 38.5 Å². The largest absolute Gasteiger partial charge is 0.490 e. The van der Waals surface area contributed by atoms with Crippen molar-refractivity contribution in [2.24, 2.45) is 5.92 Å². The van der Waals surface area contributed by atoms with Gasteiger partial charge in [-0.15, -0.1) is 0 Å². The van der Waals surface area contributed by atoms with Crippen molar-refractivity contribution in [2.75, 3.05) is 19.8 Å². The van der Waals surface area contributed by atoms with Gasteiger partial charge in [-0.3, -0.25) is 23.7 Å². The monoisotopic (exact) mass is 687 g/mol. The minimum Gasteiger partial charge on any atom is -0.375 e. The Kier molecular flexibility index (Phi) is 12.7. The van der Waals surface area contributed by atoms with Crippen LogP contribution in [0.15, 0.2) is 15.8 Å². The van der Waals surface area contributed by atoms with Gasteiger partial charge < -0.3 is 34.4 Å². The molecular formula is C19H27F3N3O15P3. The fourth-order valence-electron chi connectivity index (χ4n) is 3.23. The molecule has 1 aliphatic rings. The Morgan fingerprint density at radius 1 is 1.21 bits per heavy atom. The molecule has 2 heterocycles. The number of nitrogens with one attached hydrogen (secondary N) is 2. The predicted octanol–water partition coefficient (Wildman–Crippen LogP) is 0.629. The van der Waals surface area contributed by atoms with E-state index >= 15 is 0 Å². The van der Waals surface area contributed by atoms with E-state index in [-0.39, 0.29) is 18.9 Å². The van der Waals surface area contributed by atoms with Crippen molar-refractivity contribution in [2.45, 2.75) is 51.3 Å². The second-order valence-corrected chi connectivity index (χ2v) is 13.2. The molecule has 0 radical (unpaired) electrons. The molecule has 6 atom stereocenters. The van der Waals surface area contributed by atoms with Crippen molar-refractivity contribution in [3.05, 3.63) is 32.6 Å². The Bertz CT molecular complexity index is 1480. The van der Waals surface area contributed by atoms with Crippen LogP contribution in [-0.4, -0.2) is 73.2 Å². The van der Waals surface area contributed by atoms with Gasteiger partial charge in [-0.05, 0) is 5.92 Å². The molecule has 1 fully saturated rings. The van der Waals surface area contributed by atoms with E-state index in [0.717, 1.165) is 10.8 Å². The number of alkyl halides is 3. The SMILES string of the molecule is CCC(C)CO[C@@H]1C[C@H](n2cc(C#CCNC(=O)C(F)(F)F)c(=O)[nH]c2=O)OC1COP(=O)(O)OP(=O)(O)OP(=O)(O)O. The minimum absolute atomic E-state index is 0.0217. The maximum atomic E-state index is 12.5. The summed E-state index contributed by atoms with van der Waals surface area (Å²) in [7, 11) is -16.9. The number of carbonyl (C=O) groups is 1. The van der Waals surface area contributed by atoms with Crippen molar-refractivity contribution < 1.29 is 73.9 Å². The van der Waals surface area contributed by atoms with E-state index in [0.29, 0.717) is 6.42 Å². The molecule has 4 unspecified atom stereocenters. The molecule has 0 spiro atoms. The molecule has 244 valence electrons. The Morgan fingerprint density at radius 3 is 2.44 bits per heavy atom. The lowest BCUT2D eigenvalue weighted by Gasteiger charge is -2.22. The summed E-state index contributed by atoms with van der Waals surface area (Å²) in [6.45, 7) is 2.17. The highest BCUT2D eigenvalue weighted by Crippen LogP contribution is 2.66. The van der Waals surface area contributed by atoms with Gasteiger partial charge in [-0.2, -0.15) is 21.8 Å². The van der Waals surface area contributed by atoms with E-state index in [9.17, 15) is 51.0 Å². The first-order valence-corrected chi connectivity index (χ1v) is 16.4. The van der Waals surface area contributed by atoms with Crippen LogP contribution < -0.4 is 16.6 Å². The number of phosphoric acid groups is 3. The second kappa shape index (κ2) is 14.7. The third-order valence-electron chi connectivity index (χ3n) is 5.39. The molecule has 1 aromatic heterocycles. The van der Waals surface area contributed by atoms with Crippen LogP contribution >= 0.6 is 23.5 Å². The number of halogens is 3. The molecule has 18 nitrogen and oxygen atoms in total. The number of nitrogens with zero attached hydrogens (tertiary/aromatic N) is 1. The van der Waals surface area contributed by atoms with Crippen LogP contribution in [0.5, 0.6) is 0 Å². The zero-order valence-corrected chi connectivity index (χ0v) is 24.8. The zero-order valence-electron chi connectivity index (χ0n) is 22.1. The van der Waals surface area contributed by atoms with Crippen LogP contribution in [0.25, 0.3) is 0 Å². The van der Waals surface area contributed by atoms with Crippen molar-refractivity contribution in [1.82, 2.24) is 14.9 Å². The van der Waals surface area contributed by atoms with E-state index in [4.69, 9.17) is 19.3 Å². The summed E-state index contributed by atoms with van der Waals surface area (Å²) in [5.74, 6) is 2.11. The highest BCUT2D eigenvalue weighted by molar-refractivity contribution is 7.66. The Hall–Kier alpha value is -2.17. The lowest BCUT2D eigenvalue weighted by molar-refractivity contribution is -0.173. The number of ether oxygens (including phenoxy) is 2. The first-order valence-electron chi connectivity index (χ1n) is 11.9. The molecule has 0 aromatic carbocycles. The number of amides is 1. The molecule has 0 aliphatic carbocycles. The molecule has 2 rings (SSSR count). The average molecular weight is 687 g/mol. The molecule has 1 aliphatic heterocycles. The van der Waals surface area contributed by atoms with E-state index < -0.39 is 84.0 Å². The molecule has 0 bridgehead atoms. The standard InChI is InChI=1S/C19H27F3N3O15P3/c1-3-11(2)9-36-13-7-15(38-14(13)10-37-42(32,33)40-43(34,35)39-41(29,30)31)25-8-12(16(26)24-18(25)28)5-4-6-23-17(27)19(20,21)22/h8,11,13-15H,3,6-7,9-10H2,1-2H3,(H,23,27)(H,32,33)(H,34,35)(H,24,26,28)(H2,29,30,31)/t11?,13-,14?,15-/m1/s1. The molecule has 6 N–H and O–H groups in total. The first kappa shape index (κ1) is 37.0. The molecule has 0 saturated carbocycles. The smallest absolute Gasteiger partial charge is 0.375 e. The zero-order chi connectivity index (χ0) is 32.8. The topological polar surface area (TPSA) is 262 Å². The molecule has 24 heteroatoms. The van der Waals surface area contributed by atoms with Crippen LogP contribution in [-0.2, 0) is 41.1 Å². The van der Waals surface area contributed by atoms with Crippen LogP contribution in [0.2, 0.25) is 0 Å². The van der Waals surface area contributed by atoms with Gasteiger partial charge in [0.2, 0.25) is 0 Å². The summed E-state index contributed by atoms with van der Waals surface area (Å²) in [4.78, 5) is 73.8. The van der Waals surface area contributed by atoms with Gasteiger partial charge in [0.05, 0.1) is 19.3 Å². The maximum absolute atomic E-state index is 12.5. The number of hydrogen-bond donors (Lipinski definition) is 6. The highest BCUT2D eigenvalue weighted by Gasteiger charge is 2.44. The van der Waals surface area contributed by atoms with Crippen molar-refractivity contribution in [3.8, 4) is 11.8 Å². The van der Waals surface area contributed by atoms with E-state index in [1.807, 2.05) is 18.8 Å². The summed E-state index contributed by atoms with van der Waals surface area (Å²) in [6.07, 6.45) is -7.16. The number of rotatable bonds is 13. The van der Waals surface area contributed by atoms with Crippen LogP contribution in [0, 0.1) is 17.8 Å². The summed E-state index contributed by atoms with van der Waals surface area (Å²) in [5.41, 5.74) is -2.43. The Balaban J connectivity index is 2.24. The van der Waals surface area contributed by atoms with Gasteiger partial charge in [-0.1, -0.05) is 32.1 Å². The number of phosphoric ester groups is 1. The Morgan fingerprint density at radius 2 is 1.86 bits per heavy atom. The number of carbonyl (C=O) groups excluding carboxylic acids is 1. The van der Waals surface area contributed by atoms with Crippen molar-refractivity contribution in [3.63, 3.8) is 0 Å². The summed E-state index contributed by atoms with van der Waals surface area (Å²) in [5, 5.41) is 1.48. The fraction of sp³-hybridized carbons (Fsp3) is 0.632. The van der Waals surface area contributed by atoms with Gasteiger partial charge in [0.1, 0.15) is 17.9 Å². The minimum atomic E-state index is -5.79. The van der Waals surface area contributed by atoms with Crippen LogP contribution in [0.3, 0.4) is 0 Å². The van der Waals surface area contributed by atoms with Gasteiger partial charge in [0, 0.05) is 19.2 Å². The molecule has 43 heavy (non-hydrogen) atoms. The number of H-pyrrole nitrogens is 1. The lowest BCUT2D eigenvalue weighted by atomic mass is 10.1. The Labute approximate surface area is 239 Å². The quantitative estimate of drug-likeness (QED) is 0.123. The summed E-state index contributed by atoms with van der Waals surface area (Å²) >= 11 is 0. The third kappa shape index (κ3) is 12.4. The van der Waals surface area contributed by atoms with E-state index in [1.165, 1.54) is 5.32 Å². The van der Waals surface area contributed by atoms with Gasteiger partial charge in [-0.25, -0.2) is 18.5 Å². The van der Waals surface area contributed by atoms with Crippen LogP contribution in [0.4, 0.5) is 13.2 Å². The van der Waals surface area contributed by atoms with Gasteiger partial charge in [0.25, 0.3) is 5.56 Å². The lowest BCUT2D eigenvalue weighted by Crippen LogP contribution is -2.37. The summed E-state index contributed by atoms with van der Waals surface area (Å²) in [6, 6.07) is 0. The predicted molar refractivity (Wildman–Crippen MR) is 135 cm³/mol. The average Bonchev–Trinajstić information content (AvgIpc) is 3.24. The number of hydrogen-bond acceptors (Lipinski definition) is 11. The number of aromatic nitrogens is 2. The van der Waals surface area contributed by atoms with Crippen molar-refractivity contribution >= 4 is 29.4 Å². The fourth-order valence-corrected chi connectivity index (χ4v) is 6.26. The molecule has 1 saturated heterocycles. The highest BCUT2D eigenvalue weighted by atomic mass is 31.3. The molecular weight excluding hydrogens is 660 g/mol. The van der Waals surface area contributed by atoms with E-state index in [1.54, 1.807) is 0 Å². The second-order valence-electron chi connectivity index (χ2n) is 8.83. The third-order valence-corrected chi connectivity index (χ3v) is 9.19. The van der Waals surface area contributed by atoms with E-state index in [2.05, 4.69) is 25.0 Å². The molecule has 1 aromatic rings. The van der Waals surface area contributed by atoms with Gasteiger partial charge >= 0.3 is 41.2 Å². The number of aromatic amines is 1. The maximum Gasteiger partial charge on any atom is 0.490 e. The summed E-state index contributed by atoms with van der Waals surface area (Å²) < 4.78 is 95.6. The molecule has 1 amide bonds. The first-order chi connectivity index (χ1) is 19.6. The van der Waals surface area contributed by atoms with Crippen molar-refractivity contribution in [1.29, 1.82) is 0 Å². The van der Waals surface area contributed by atoms with Gasteiger partial charge in [0.15, 0.2) is 0 Å².